The van der Waals surface area contributed by atoms with E-state index in [1.54, 1.807) is 20.0 Å². The molecule has 1 aromatic heterocycles. The Balaban J connectivity index is 1.90. The molecule has 0 spiro atoms. The fourth-order valence-electron chi connectivity index (χ4n) is 2.77. The van der Waals surface area contributed by atoms with Crippen molar-refractivity contribution in [2.45, 2.75) is 38.6 Å². The van der Waals surface area contributed by atoms with Crippen molar-refractivity contribution in [1.82, 2.24) is 9.97 Å². The summed E-state index contributed by atoms with van der Waals surface area (Å²) >= 11 is 0. The van der Waals surface area contributed by atoms with Crippen LogP contribution in [0, 0.1) is 5.92 Å². The van der Waals surface area contributed by atoms with Gasteiger partial charge in [-0.1, -0.05) is 26.0 Å². The minimum absolute atomic E-state index is 0.140. The zero-order valence-corrected chi connectivity index (χ0v) is 13.6. The molecule has 1 saturated heterocycles. The number of nitrogens with zero attached hydrogens (tertiary/aromatic N) is 2. The van der Waals surface area contributed by atoms with Crippen molar-refractivity contribution in [2.75, 3.05) is 11.9 Å². The molecular weight excluding hydrogens is 310 g/mol. The van der Waals surface area contributed by atoms with Gasteiger partial charge in [0.05, 0.1) is 24.3 Å². The van der Waals surface area contributed by atoms with Crippen molar-refractivity contribution in [3.63, 3.8) is 0 Å². The van der Waals surface area contributed by atoms with E-state index in [0.717, 1.165) is 10.9 Å². The van der Waals surface area contributed by atoms with Gasteiger partial charge in [-0.3, -0.25) is 10.1 Å². The lowest BCUT2D eigenvalue weighted by molar-refractivity contribution is -0.118. The van der Waals surface area contributed by atoms with Crippen molar-refractivity contribution >= 4 is 22.8 Å². The van der Waals surface area contributed by atoms with Gasteiger partial charge in [-0.05, 0) is 11.6 Å². The number of rotatable bonds is 4. The first-order valence-corrected chi connectivity index (χ1v) is 8.00. The second-order valence-corrected chi connectivity index (χ2v) is 6.27. The van der Waals surface area contributed by atoms with Crippen LogP contribution in [0.2, 0.25) is 0 Å². The summed E-state index contributed by atoms with van der Waals surface area (Å²) in [6.45, 7) is 3.38. The number of hydrogen-bond acceptors (Lipinski definition) is 6. The molecule has 2 heterocycles. The number of hydrogen-bond donors (Lipinski definition) is 3. The molecule has 1 amide bonds. The van der Waals surface area contributed by atoms with E-state index < -0.39 is 12.2 Å². The second kappa shape index (κ2) is 6.80. The number of anilines is 1. The zero-order valence-electron chi connectivity index (χ0n) is 13.6. The van der Waals surface area contributed by atoms with Crippen molar-refractivity contribution < 1.29 is 19.7 Å². The summed E-state index contributed by atoms with van der Waals surface area (Å²) in [5.41, 5.74) is 1.55. The number of carbonyl (C=O) groups excluding carboxylic acids is 1. The summed E-state index contributed by atoms with van der Waals surface area (Å²) in [7, 11) is 0. The second-order valence-electron chi connectivity index (χ2n) is 6.27. The Hall–Kier alpha value is -2.09. The van der Waals surface area contributed by atoms with Gasteiger partial charge < -0.3 is 14.9 Å². The van der Waals surface area contributed by atoms with Gasteiger partial charge in [0.1, 0.15) is 6.10 Å². The van der Waals surface area contributed by atoms with Crippen LogP contribution >= 0.6 is 0 Å². The summed E-state index contributed by atoms with van der Waals surface area (Å²) in [6, 6.07) is 5.58. The van der Waals surface area contributed by atoms with Gasteiger partial charge in [0.2, 0.25) is 11.9 Å². The quantitative estimate of drug-likeness (QED) is 0.782. The maximum Gasteiger partial charge on any atom is 0.229 e. The minimum atomic E-state index is -0.694. The molecule has 3 rings (SSSR count). The molecular formula is C17H21N3O4. The van der Waals surface area contributed by atoms with Crippen molar-refractivity contribution in [3.8, 4) is 0 Å². The smallest absolute Gasteiger partial charge is 0.229 e. The Morgan fingerprint density at radius 3 is 2.92 bits per heavy atom. The number of carbonyl (C=O) groups is 1. The number of fused-ring (bicyclic) bond motifs is 1. The highest BCUT2D eigenvalue weighted by Crippen LogP contribution is 2.36. The first-order chi connectivity index (χ1) is 11.5. The molecule has 3 N–H and O–H groups in total. The zero-order chi connectivity index (χ0) is 17.3. The molecule has 1 fully saturated rings. The Kier molecular flexibility index (Phi) is 4.75. The van der Waals surface area contributed by atoms with Crippen molar-refractivity contribution in [2.24, 2.45) is 5.92 Å². The molecule has 0 bridgehead atoms. The summed E-state index contributed by atoms with van der Waals surface area (Å²) in [5, 5.41) is 22.6. The Labute approximate surface area is 139 Å². The van der Waals surface area contributed by atoms with E-state index in [4.69, 9.17) is 4.74 Å². The maximum atomic E-state index is 11.8. The Morgan fingerprint density at radius 2 is 2.25 bits per heavy atom. The molecule has 1 aromatic carbocycles. The normalized spacial score (nSPS) is 23.8. The fourth-order valence-corrected chi connectivity index (χ4v) is 2.77. The van der Waals surface area contributed by atoms with Gasteiger partial charge in [0, 0.05) is 23.9 Å². The average Bonchev–Trinajstić information content (AvgIpc) is 2.94. The average molecular weight is 331 g/mol. The summed E-state index contributed by atoms with van der Waals surface area (Å²) in [4.78, 5) is 20.4. The number of nitrogens with one attached hydrogen (secondary N) is 1. The van der Waals surface area contributed by atoms with Gasteiger partial charge in [0.25, 0.3) is 0 Å². The molecule has 7 nitrogen and oxygen atoms in total. The van der Waals surface area contributed by atoms with Crippen LogP contribution in [0.1, 0.15) is 31.9 Å². The highest BCUT2D eigenvalue weighted by molar-refractivity contribution is 5.91. The maximum absolute atomic E-state index is 11.8. The third-order valence-electron chi connectivity index (χ3n) is 4.17. The van der Waals surface area contributed by atoms with Crippen LogP contribution in [0.15, 0.2) is 24.4 Å². The van der Waals surface area contributed by atoms with E-state index in [1.165, 1.54) is 0 Å². The lowest BCUT2D eigenvalue weighted by Gasteiger charge is -2.14. The van der Waals surface area contributed by atoms with E-state index in [1.807, 2.05) is 18.2 Å². The van der Waals surface area contributed by atoms with Gasteiger partial charge in [-0.25, -0.2) is 9.97 Å². The topological polar surface area (TPSA) is 105 Å². The number of benzene rings is 1. The van der Waals surface area contributed by atoms with E-state index in [9.17, 15) is 15.0 Å². The lowest BCUT2D eigenvalue weighted by Crippen LogP contribution is -2.24. The Bertz CT molecular complexity index is 750. The predicted octanol–water partition coefficient (Wildman–Crippen LogP) is 1.41. The van der Waals surface area contributed by atoms with Crippen LogP contribution in [0.25, 0.3) is 10.9 Å². The van der Waals surface area contributed by atoms with Crippen LogP contribution in [0.4, 0.5) is 5.95 Å². The lowest BCUT2D eigenvalue weighted by atomic mass is 10.0. The number of ether oxygens (including phenoxy) is 1. The van der Waals surface area contributed by atoms with Gasteiger partial charge in [0.15, 0.2) is 0 Å². The summed E-state index contributed by atoms with van der Waals surface area (Å²) < 4.78 is 5.72. The molecule has 0 radical (unpaired) electrons. The molecule has 128 valence electrons. The van der Waals surface area contributed by atoms with Crippen molar-refractivity contribution in [3.05, 3.63) is 30.0 Å². The SMILES string of the molecule is CC(C)C(=O)Nc1ncc2c([C@H]3C[C@@H](O)[C@@H](CO)O3)cccc2n1. The van der Waals surface area contributed by atoms with Gasteiger partial charge in [-0.2, -0.15) is 0 Å². The summed E-state index contributed by atoms with van der Waals surface area (Å²) in [5.74, 6) is -0.0306. The monoisotopic (exact) mass is 331 g/mol. The number of aliphatic hydroxyl groups is 2. The van der Waals surface area contributed by atoms with Crippen LogP contribution in [0.5, 0.6) is 0 Å². The van der Waals surface area contributed by atoms with E-state index in [2.05, 4.69) is 15.3 Å². The molecule has 0 unspecified atom stereocenters. The Morgan fingerprint density at radius 1 is 1.46 bits per heavy atom. The largest absolute Gasteiger partial charge is 0.394 e. The third-order valence-corrected chi connectivity index (χ3v) is 4.17. The van der Waals surface area contributed by atoms with E-state index >= 15 is 0 Å². The molecule has 0 aliphatic carbocycles. The number of amides is 1. The van der Waals surface area contributed by atoms with Crippen molar-refractivity contribution in [1.29, 1.82) is 0 Å². The molecule has 2 aromatic rings. The molecule has 1 aliphatic heterocycles. The van der Waals surface area contributed by atoms with Gasteiger partial charge in [-0.15, -0.1) is 0 Å². The van der Waals surface area contributed by atoms with Gasteiger partial charge >= 0.3 is 0 Å². The molecule has 0 saturated carbocycles. The van der Waals surface area contributed by atoms with E-state index in [-0.39, 0.29) is 30.5 Å². The third kappa shape index (κ3) is 3.24. The number of aliphatic hydroxyl groups excluding tert-OH is 2. The van der Waals surface area contributed by atoms with E-state index in [0.29, 0.717) is 11.9 Å². The van der Waals surface area contributed by atoms with Crippen LogP contribution in [-0.4, -0.2) is 44.9 Å². The number of aromatic nitrogens is 2. The van der Waals surface area contributed by atoms with Crippen LogP contribution in [0.3, 0.4) is 0 Å². The fraction of sp³-hybridized carbons (Fsp3) is 0.471. The first kappa shape index (κ1) is 16.8. The molecule has 24 heavy (non-hydrogen) atoms. The predicted molar refractivity (Wildman–Crippen MR) is 88.3 cm³/mol. The highest BCUT2D eigenvalue weighted by atomic mass is 16.5. The van der Waals surface area contributed by atoms with Crippen LogP contribution in [-0.2, 0) is 9.53 Å². The molecule has 1 aliphatic rings. The standard InChI is InChI=1S/C17H21N3O4/c1-9(2)16(23)20-17-18-7-11-10(4-3-5-12(11)19-17)14-6-13(22)15(8-21)24-14/h3-5,7,9,13-15,21-22H,6,8H2,1-2H3,(H,18,19,20,23)/t13-,14-,15-/m1/s1. The summed E-state index contributed by atoms with van der Waals surface area (Å²) in [6.07, 6.45) is 0.475. The molecule has 7 heteroatoms. The molecule has 3 atom stereocenters. The first-order valence-electron chi connectivity index (χ1n) is 8.00. The van der Waals surface area contributed by atoms with Crippen LogP contribution < -0.4 is 5.32 Å². The minimum Gasteiger partial charge on any atom is -0.394 e. The highest BCUT2D eigenvalue weighted by Gasteiger charge is 2.35.